The second-order valence-corrected chi connectivity index (χ2v) is 6.78. The number of sulfonamides is 1. The molecule has 108 valence electrons. The number of nitrogens with zero attached hydrogens (tertiary/aromatic N) is 2. The van der Waals surface area contributed by atoms with Gasteiger partial charge < -0.3 is 4.98 Å². The van der Waals surface area contributed by atoms with Crippen LogP contribution in [0.4, 0.5) is 0 Å². The Hall–Kier alpha value is -1.66. The molecular weight excluding hydrogens is 274 g/mol. The maximum absolute atomic E-state index is 12.3. The van der Waals surface area contributed by atoms with Gasteiger partial charge in [0.15, 0.2) is 5.03 Å². The number of H-pyrrole nitrogens is 1. The fourth-order valence-corrected chi connectivity index (χ4v) is 3.04. The normalized spacial score (nSPS) is 12.0. The van der Waals surface area contributed by atoms with Crippen LogP contribution in [0.5, 0.6) is 0 Å². The maximum atomic E-state index is 12.3. The van der Waals surface area contributed by atoms with Gasteiger partial charge in [-0.25, -0.2) is 13.4 Å². The molecule has 1 aromatic heterocycles. The van der Waals surface area contributed by atoms with Crippen LogP contribution in [0.3, 0.4) is 0 Å². The fraction of sp³-hybridized carbons (Fsp3) is 0.357. The number of benzene rings is 1. The van der Waals surface area contributed by atoms with E-state index >= 15 is 0 Å². The van der Waals surface area contributed by atoms with Crippen molar-refractivity contribution in [3.8, 4) is 0 Å². The van der Waals surface area contributed by atoms with Gasteiger partial charge >= 0.3 is 0 Å². The first-order valence-electron chi connectivity index (χ1n) is 6.49. The second-order valence-electron chi connectivity index (χ2n) is 4.76. The Morgan fingerprint density at radius 2 is 1.80 bits per heavy atom. The topological polar surface area (TPSA) is 66.1 Å². The van der Waals surface area contributed by atoms with Gasteiger partial charge in [0.2, 0.25) is 0 Å². The quantitative estimate of drug-likeness (QED) is 0.918. The van der Waals surface area contributed by atoms with Crippen molar-refractivity contribution in [1.29, 1.82) is 0 Å². The SMILES string of the molecule is CCc1ccc(CN(C)S(=O)(=O)c2cnc(C)[nH]2)cc1. The Morgan fingerprint density at radius 1 is 1.20 bits per heavy atom. The van der Waals surface area contributed by atoms with Gasteiger partial charge in [-0.05, 0) is 24.5 Å². The van der Waals surface area contributed by atoms with E-state index < -0.39 is 10.0 Å². The van der Waals surface area contributed by atoms with Gasteiger partial charge in [-0.15, -0.1) is 0 Å². The second kappa shape index (κ2) is 5.76. The highest BCUT2D eigenvalue weighted by Crippen LogP contribution is 2.15. The van der Waals surface area contributed by atoms with E-state index in [2.05, 4.69) is 16.9 Å². The summed E-state index contributed by atoms with van der Waals surface area (Å²) < 4.78 is 26.0. The average molecular weight is 293 g/mol. The fourth-order valence-electron chi connectivity index (χ4n) is 1.92. The molecule has 0 spiro atoms. The van der Waals surface area contributed by atoms with Crippen LogP contribution in [0.15, 0.2) is 35.5 Å². The smallest absolute Gasteiger partial charge is 0.260 e. The van der Waals surface area contributed by atoms with Crippen molar-refractivity contribution in [2.45, 2.75) is 31.8 Å². The summed E-state index contributed by atoms with van der Waals surface area (Å²) in [5, 5.41) is 0.127. The predicted molar refractivity (Wildman–Crippen MR) is 77.8 cm³/mol. The third kappa shape index (κ3) is 3.08. The van der Waals surface area contributed by atoms with Gasteiger partial charge in [0.1, 0.15) is 5.82 Å². The molecule has 0 unspecified atom stereocenters. The molecular formula is C14H19N3O2S. The molecule has 0 saturated heterocycles. The van der Waals surface area contributed by atoms with Crippen molar-refractivity contribution in [2.75, 3.05) is 7.05 Å². The Morgan fingerprint density at radius 3 is 2.30 bits per heavy atom. The average Bonchev–Trinajstić information content (AvgIpc) is 2.87. The lowest BCUT2D eigenvalue weighted by Crippen LogP contribution is -2.26. The van der Waals surface area contributed by atoms with Gasteiger partial charge in [0.05, 0.1) is 6.20 Å². The number of imidazole rings is 1. The number of aromatic amines is 1. The van der Waals surface area contributed by atoms with Crippen molar-refractivity contribution < 1.29 is 8.42 Å². The molecule has 6 heteroatoms. The Balaban J connectivity index is 2.16. The largest absolute Gasteiger partial charge is 0.332 e. The molecule has 2 rings (SSSR count). The molecule has 0 aliphatic rings. The summed E-state index contributed by atoms with van der Waals surface area (Å²) in [6.45, 7) is 4.15. The van der Waals surface area contributed by atoms with Crippen molar-refractivity contribution in [1.82, 2.24) is 14.3 Å². The highest BCUT2D eigenvalue weighted by Gasteiger charge is 2.22. The zero-order valence-corrected chi connectivity index (χ0v) is 12.7. The summed E-state index contributed by atoms with van der Waals surface area (Å²) in [5.74, 6) is 0.587. The van der Waals surface area contributed by atoms with E-state index in [4.69, 9.17) is 0 Å². The lowest BCUT2D eigenvalue weighted by atomic mass is 10.1. The minimum Gasteiger partial charge on any atom is -0.332 e. The van der Waals surface area contributed by atoms with Crippen LogP contribution in [0.2, 0.25) is 0 Å². The van der Waals surface area contributed by atoms with E-state index in [0.717, 1.165) is 12.0 Å². The minimum absolute atomic E-state index is 0.127. The molecule has 0 aliphatic heterocycles. The third-order valence-corrected chi connectivity index (χ3v) is 4.92. The predicted octanol–water partition coefficient (Wildman–Crippen LogP) is 2.10. The molecule has 2 aromatic rings. The molecule has 0 aliphatic carbocycles. The van der Waals surface area contributed by atoms with E-state index in [9.17, 15) is 8.42 Å². The lowest BCUT2D eigenvalue weighted by Gasteiger charge is -2.16. The number of aryl methyl sites for hydroxylation is 2. The van der Waals surface area contributed by atoms with E-state index in [1.54, 1.807) is 14.0 Å². The summed E-state index contributed by atoms with van der Waals surface area (Å²) in [6.07, 6.45) is 2.32. The van der Waals surface area contributed by atoms with Gasteiger partial charge in [-0.3, -0.25) is 0 Å². The van der Waals surface area contributed by atoms with Gasteiger partial charge in [0.25, 0.3) is 10.0 Å². The third-order valence-electron chi connectivity index (χ3n) is 3.20. The molecule has 1 N–H and O–H groups in total. The van der Waals surface area contributed by atoms with E-state index in [-0.39, 0.29) is 5.03 Å². The molecule has 20 heavy (non-hydrogen) atoms. The molecule has 0 amide bonds. The van der Waals surface area contributed by atoms with Crippen LogP contribution in [0.25, 0.3) is 0 Å². The molecule has 0 fully saturated rings. The molecule has 0 radical (unpaired) electrons. The molecule has 1 heterocycles. The number of hydrogen-bond acceptors (Lipinski definition) is 3. The van der Waals surface area contributed by atoms with Crippen LogP contribution in [0.1, 0.15) is 23.9 Å². The van der Waals surface area contributed by atoms with Crippen molar-refractivity contribution in [3.05, 3.63) is 47.4 Å². The zero-order valence-electron chi connectivity index (χ0n) is 11.9. The number of hydrogen-bond donors (Lipinski definition) is 1. The molecule has 5 nitrogen and oxygen atoms in total. The summed E-state index contributed by atoms with van der Waals surface area (Å²) in [7, 11) is -1.95. The van der Waals surface area contributed by atoms with Gasteiger partial charge in [-0.1, -0.05) is 31.2 Å². The summed E-state index contributed by atoms with van der Waals surface area (Å²) in [5.41, 5.74) is 2.20. The molecule has 1 aromatic carbocycles. The zero-order chi connectivity index (χ0) is 14.8. The van der Waals surface area contributed by atoms with E-state index in [1.165, 1.54) is 16.1 Å². The highest BCUT2D eigenvalue weighted by atomic mass is 32.2. The Labute approximate surface area is 119 Å². The van der Waals surface area contributed by atoms with Crippen LogP contribution in [0, 0.1) is 6.92 Å². The highest BCUT2D eigenvalue weighted by molar-refractivity contribution is 7.89. The summed E-state index contributed by atoms with van der Waals surface area (Å²) >= 11 is 0. The number of nitrogens with one attached hydrogen (secondary N) is 1. The van der Waals surface area contributed by atoms with E-state index in [1.807, 2.05) is 24.3 Å². The van der Waals surface area contributed by atoms with Crippen molar-refractivity contribution in [2.24, 2.45) is 0 Å². The summed E-state index contributed by atoms with van der Waals surface area (Å²) in [6, 6.07) is 7.97. The van der Waals surface area contributed by atoms with Crippen molar-refractivity contribution in [3.63, 3.8) is 0 Å². The standard InChI is InChI=1S/C14H19N3O2S/c1-4-12-5-7-13(8-6-12)10-17(3)20(18,19)14-9-15-11(2)16-14/h5-9H,4,10H2,1-3H3,(H,15,16). The first kappa shape index (κ1) is 14.7. The molecule has 0 saturated carbocycles. The van der Waals surface area contributed by atoms with E-state index in [0.29, 0.717) is 12.4 Å². The monoisotopic (exact) mass is 293 g/mol. The lowest BCUT2D eigenvalue weighted by molar-refractivity contribution is 0.464. The minimum atomic E-state index is -3.52. The van der Waals surface area contributed by atoms with Crippen LogP contribution >= 0.6 is 0 Å². The van der Waals surface area contributed by atoms with Crippen molar-refractivity contribution >= 4 is 10.0 Å². The van der Waals surface area contributed by atoms with Crippen LogP contribution in [-0.2, 0) is 23.0 Å². The summed E-state index contributed by atoms with van der Waals surface area (Å²) in [4.78, 5) is 6.69. The van der Waals surface area contributed by atoms with Crippen LogP contribution < -0.4 is 0 Å². The molecule has 0 atom stereocenters. The first-order valence-corrected chi connectivity index (χ1v) is 7.93. The molecule has 0 bridgehead atoms. The van der Waals surface area contributed by atoms with Gasteiger partial charge in [0, 0.05) is 13.6 Å². The number of rotatable bonds is 5. The van der Waals surface area contributed by atoms with Gasteiger partial charge in [-0.2, -0.15) is 4.31 Å². The Kier molecular flexibility index (Phi) is 4.25. The first-order chi connectivity index (χ1) is 9.43. The Bertz CT molecular complexity index is 675. The maximum Gasteiger partial charge on any atom is 0.260 e. The van der Waals surface area contributed by atoms with Crippen LogP contribution in [-0.4, -0.2) is 29.7 Å². The number of aromatic nitrogens is 2.